The fourth-order valence-electron chi connectivity index (χ4n) is 1.08. The summed E-state index contributed by atoms with van der Waals surface area (Å²) < 4.78 is 5.44. The third-order valence-corrected chi connectivity index (χ3v) is 2.78. The number of halogens is 2. The van der Waals surface area contributed by atoms with Gasteiger partial charge in [0.1, 0.15) is 5.75 Å². The summed E-state index contributed by atoms with van der Waals surface area (Å²) in [4.78, 5) is 0. The zero-order valence-electron chi connectivity index (χ0n) is 8.17. The maximum Gasteiger partial charge on any atom is 0.137 e. The van der Waals surface area contributed by atoms with Crippen molar-refractivity contribution in [2.45, 2.75) is 18.2 Å². The topological polar surface area (TPSA) is 33.0 Å². The van der Waals surface area contributed by atoms with Gasteiger partial charge in [-0.2, -0.15) is 5.26 Å². The minimum Gasteiger partial charge on any atom is -0.492 e. The fraction of sp³-hybridized carbons (Fsp3) is 0.364. The maximum absolute atomic E-state index is 8.35. The molecule has 0 saturated carbocycles. The Labute approximate surface area is 103 Å². The van der Waals surface area contributed by atoms with Crippen LogP contribution >= 0.6 is 27.5 Å². The molecule has 0 saturated heterocycles. The number of ether oxygens (including phenoxy) is 1. The monoisotopic (exact) mass is 287 g/mol. The maximum atomic E-state index is 8.35. The lowest BCUT2D eigenvalue weighted by molar-refractivity contribution is 0.313. The lowest BCUT2D eigenvalue weighted by Crippen LogP contribution is -1.97. The molecule has 0 amide bonds. The Bertz CT molecular complexity index is 362. The summed E-state index contributed by atoms with van der Waals surface area (Å²) in [6.45, 7) is 0.529. The highest BCUT2D eigenvalue weighted by molar-refractivity contribution is 9.08. The van der Waals surface area contributed by atoms with Crippen molar-refractivity contribution in [3.05, 3.63) is 28.8 Å². The van der Waals surface area contributed by atoms with Crippen LogP contribution in [0.25, 0.3) is 0 Å². The zero-order chi connectivity index (χ0) is 11.1. The summed E-state index contributed by atoms with van der Waals surface area (Å²) in [5, 5.41) is 9.74. The molecular formula is C11H11BrClNO. The van der Waals surface area contributed by atoms with Crippen LogP contribution in [0.4, 0.5) is 0 Å². The van der Waals surface area contributed by atoms with Gasteiger partial charge in [0.15, 0.2) is 0 Å². The molecule has 0 N–H and O–H groups in total. The quantitative estimate of drug-likeness (QED) is 0.608. The highest BCUT2D eigenvalue weighted by Crippen LogP contribution is 2.26. The molecule has 15 heavy (non-hydrogen) atoms. The molecule has 1 aromatic rings. The molecule has 0 aliphatic carbocycles. The van der Waals surface area contributed by atoms with Crippen molar-refractivity contribution in [2.24, 2.45) is 0 Å². The second kappa shape index (κ2) is 6.71. The number of benzene rings is 1. The lowest BCUT2D eigenvalue weighted by Gasteiger charge is -2.07. The van der Waals surface area contributed by atoms with E-state index < -0.39 is 0 Å². The van der Waals surface area contributed by atoms with E-state index in [2.05, 4.69) is 22.0 Å². The molecular weight excluding hydrogens is 277 g/mol. The SMILES string of the molecule is N#CCCCOc1ccc(CBr)cc1Cl. The second-order valence-electron chi connectivity index (χ2n) is 3.01. The Morgan fingerprint density at radius 1 is 1.47 bits per heavy atom. The van der Waals surface area contributed by atoms with Crippen LogP contribution in [0.3, 0.4) is 0 Å². The van der Waals surface area contributed by atoms with E-state index in [1.165, 1.54) is 0 Å². The van der Waals surface area contributed by atoms with Gasteiger partial charge in [-0.1, -0.05) is 33.6 Å². The number of hydrogen-bond acceptors (Lipinski definition) is 2. The van der Waals surface area contributed by atoms with Gasteiger partial charge in [-0.3, -0.25) is 0 Å². The Hall–Kier alpha value is -0.720. The normalized spacial score (nSPS) is 9.67. The first-order valence-corrected chi connectivity index (χ1v) is 6.12. The minimum absolute atomic E-state index is 0.511. The predicted molar refractivity (Wildman–Crippen MR) is 64.4 cm³/mol. The van der Waals surface area contributed by atoms with Crippen molar-refractivity contribution in [1.29, 1.82) is 5.26 Å². The first-order chi connectivity index (χ1) is 7.27. The van der Waals surface area contributed by atoms with Crippen molar-refractivity contribution in [3.8, 4) is 11.8 Å². The van der Waals surface area contributed by atoms with Gasteiger partial charge in [-0.05, 0) is 24.1 Å². The third-order valence-electron chi connectivity index (χ3n) is 1.84. The minimum atomic E-state index is 0.511. The van der Waals surface area contributed by atoms with Gasteiger partial charge in [0.05, 0.1) is 17.7 Å². The summed E-state index contributed by atoms with van der Waals surface area (Å²) in [5.74, 6) is 0.680. The van der Waals surface area contributed by atoms with Gasteiger partial charge in [0.25, 0.3) is 0 Å². The van der Waals surface area contributed by atoms with E-state index >= 15 is 0 Å². The van der Waals surface area contributed by atoms with Gasteiger partial charge in [-0.25, -0.2) is 0 Å². The second-order valence-corrected chi connectivity index (χ2v) is 3.98. The van der Waals surface area contributed by atoms with Crippen molar-refractivity contribution in [1.82, 2.24) is 0 Å². The van der Waals surface area contributed by atoms with Gasteiger partial charge in [0, 0.05) is 11.8 Å². The van der Waals surface area contributed by atoms with Crippen molar-refractivity contribution >= 4 is 27.5 Å². The van der Waals surface area contributed by atoms with Crippen LogP contribution in [0.15, 0.2) is 18.2 Å². The molecule has 0 aliphatic heterocycles. The molecule has 80 valence electrons. The molecule has 0 fully saturated rings. The first kappa shape index (κ1) is 12.4. The molecule has 4 heteroatoms. The Morgan fingerprint density at radius 2 is 2.27 bits per heavy atom. The van der Waals surface area contributed by atoms with Crippen LogP contribution in [-0.2, 0) is 5.33 Å². The first-order valence-electron chi connectivity index (χ1n) is 4.62. The smallest absolute Gasteiger partial charge is 0.137 e. The van der Waals surface area contributed by atoms with Gasteiger partial charge >= 0.3 is 0 Å². The molecule has 0 aromatic heterocycles. The number of alkyl halides is 1. The fourth-order valence-corrected chi connectivity index (χ4v) is 1.68. The molecule has 0 spiro atoms. The van der Waals surface area contributed by atoms with Crippen molar-refractivity contribution in [3.63, 3.8) is 0 Å². The standard InChI is InChI=1S/C11H11BrClNO/c12-8-9-3-4-11(10(13)7-9)15-6-2-1-5-14/h3-4,7H,1-2,6,8H2. The van der Waals surface area contributed by atoms with Crippen molar-refractivity contribution < 1.29 is 4.74 Å². The van der Waals surface area contributed by atoms with Crippen molar-refractivity contribution in [2.75, 3.05) is 6.61 Å². The molecule has 0 bridgehead atoms. The molecule has 0 radical (unpaired) electrons. The molecule has 0 unspecified atom stereocenters. The van der Waals surface area contributed by atoms with Crippen LogP contribution in [0, 0.1) is 11.3 Å². The van der Waals surface area contributed by atoms with Gasteiger partial charge in [0.2, 0.25) is 0 Å². The summed E-state index contributed by atoms with van der Waals surface area (Å²) in [6, 6.07) is 7.75. The summed E-state index contributed by atoms with van der Waals surface area (Å²) in [6.07, 6.45) is 1.24. The molecule has 0 aliphatic rings. The van der Waals surface area contributed by atoms with E-state index in [-0.39, 0.29) is 0 Å². The van der Waals surface area contributed by atoms with Crippen LogP contribution in [0.1, 0.15) is 18.4 Å². The van der Waals surface area contributed by atoms with E-state index in [1.807, 2.05) is 18.2 Å². The van der Waals surface area contributed by atoms with E-state index in [0.717, 1.165) is 17.3 Å². The van der Waals surface area contributed by atoms with Crippen LogP contribution in [0.5, 0.6) is 5.75 Å². The molecule has 1 aromatic carbocycles. The zero-order valence-corrected chi connectivity index (χ0v) is 10.5. The summed E-state index contributed by atoms with van der Waals surface area (Å²) >= 11 is 9.36. The molecule has 0 atom stereocenters. The van der Waals surface area contributed by atoms with Crippen LogP contribution in [0.2, 0.25) is 5.02 Å². The Morgan fingerprint density at radius 3 is 2.87 bits per heavy atom. The lowest BCUT2D eigenvalue weighted by atomic mass is 10.2. The number of nitrogens with zero attached hydrogens (tertiary/aromatic N) is 1. The number of rotatable bonds is 5. The van der Waals surface area contributed by atoms with E-state index in [4.69, 9.17) is 21.6 Å². The average molecular weight is 289 g/mol. The van der Waals surface area contributed by atoms with Crippen LogP contribution in [-0.4, -0.2) is 6.61 Å². The predicted octanol–water partition coefficient (Wildman–Crippen LogP) is 3.92. The average Bonchev–Trinajstić information content (AvgIpc) is 2.26. The number of nitriles is 1. The number of unbranched alkanes of at least 4 members (excludes halogenated alkanes) is 1. The summed E-state index contributed by atoms with van der Waals surface area (Å²) in [5.41, 5.74) is 1.12. The van der Waals surface area contributed by atoms with Gasteiger partial charge in [-0.15, -0.1) is 0 Å². The molecule has 1 rings (SSSR count). The van der Waals surface area contributed by atoms with Gasteiger partial charge < -0.3 is 4.74 Å². The Balaban J connectivity index is 2.51. The van der Waals surface area contributed by atoms with E-state index in [9.17, 15) is 0 Å². The largest absolute Gasteiger partial charge is 0.492 e. The summed E-state index contributed by atoms with van der Waals surface area (Å²) in [7, 11) is 0. The number of hydrogen-bond donors (Lipinski definition) is 0. The van der Waals surface area contributed by atoms with E-state index in [0.29, 0.717) is 23.8 Å². The highest BCUT2D eigenvalue weighted by atomic mass is 79.9. The van der Waals surface area contributed by atoms with Crippen LogP contribution < -0.4 is 4.74 Å². The van der Waals surface area contributed by atoms with E-state index in [1.54, 1.807) is 0 Å². The highest BCUT2D eigenvalue weighted by Gasteiger charge is 2.02. The molecule has 0 heterocycles. The Kier molecular flexibility index (Phi) is 5.52. The molecule has 2 nitrogen and oxygen atoms in total. The third kappa shape index (κ3) is 4.11.